The summed E-state index contributed by atoms with van der Waals surface area (Å²) in [4.78, 5) is 19.6. The number of nitrogens with zero attached hydrogens (tertiary/aromatic N) is 1. The number of fused-ring (bicyclic) bond motifs is 1. The molecule has 0 radical (unpaired) electrons. The van der Waals surface area contributed by atoms with Gasteiger partial charge in [-0.15, -0.1) is 0 Å². The molecule has 182 valence electrons. The molecular formula is C29H23Cl3N2O2. The topological polar surface area (TPSA) is 41.6 Å². The van der Waals surface area contributed by atoms with E-state index in [-0.39, 0.29) is 5.91 Å². The van der Waals surface area contributed by atoms with E-state index in [9.17, 15) is 4.79 Å². The van der Waals surface area contributed by atoms with Crippen molar-refractivity contribution in [3.8, 4) is 0 Å². The molecule has 0 bridgehead atoms. The van der Waals surface area contributed by atoms with E-state index in [0.717, 1.165) is 27.9 Å². The summed E-state index contributed by atoms with van der Waals surface area (Å²) in [6.45, 7) is 2.03. The lowest BCUT2D eigenvalue weighted by Crippen LogP contribution is -2.53. The summed E-state index contributed by atoms with van der Waals surface area (Å²) in [6.07, 6.45) is 0. The first-order chi connectivity index (χ1) is 17.3. The number of hydrogen-bond donors (Lipinski definition) is 1. The monoisotopic (exact) mass is 536 g/mol. The van der Waals surface area contributed by atoms with Crippen LogP contribution in [0, 0.1) is 6.92 Å². The van der Waals surface area contributed by atoms with Crippen LogP contribution in [0.4, 0.5) is 5.69 Å². The van der Waals surface area contributed by atoms with E-state index >= 15 is 0 Å². The van der Waals surface area contributed by atoms with Gasteiger partial charge in [0.15, 0.2) is 5.66 Å². The molecule has 0 fully saturated rings. The van der Waals surface area contributed by atoms with Crippen molar-refractivity contribution >= 4 is 46.4 Å². The van der Waals surface area contributed by atoms with Gasteiger partial charge in [-0.05, 0) is 66.6 Å². The molecule has 1 atom stereocenters. The standard InChI is InChI=1S/C29H23Cl3N2O2/c1-18-3-14-24(15-4-18)33-29(26-16-13-23(32)17-25(26)28(35)34(29)36-2)27(19-5-9-21(30)10-6-19)20-7-11-22(31)12-8-20/h3-17,27,33H,1-2H3. The van der Waals surface area contributed by atoms with Crippen molar-refractivity contribution in [2.45, 2.75) is 18.5 Å². The molecule has 4 aromatic rings. The van der Waals surface area contributed by atoms with Gasteiger partial charge >= 0.3 is 0 Å². The van der Waals surface area contributed by atoms with Crippen molar-refractivity contribution in [3.63, 3.8) is 0 Å². The van der Waals surface area contributed by atoms with Gasteiger partial charge in [0, 0.05) is 26.3 Å². The zero-order valence-corrected chi connectivity index (χ0v) is 21.9. The van der Waals surface area contributed by atoms with Crippen LogP contribution in [-0.2, 0) is 10.5 Å². The van der Waals surface area contributed by atoms with Gasteiger partial charge in [0.25, 0.3) is 5.91 Å². The van der Waals surface area contributed by atoms with Crippen LogP contribution in [0.15, 0.2) is 91.0 Å². The number of aryl methyl sites for hydroxylation is 1. The number of anilines is 1. The highest BCUT2D eigenvalue weighted by Crippen LogP contribution is 2.52. The average Bonchev–Trinajstić information content (AvgIpc) is 3.10. The van der Waals surface area contributed by atoms with Gasteiger partial charge in [-0.3, -0.25) is 9.63 Å². The number of amides is 1. The van der Waals surface area contributed by atoms with Gasteiger partial charge in [-0.25, -0.2) is 0 Å². The predicted octanol–water partition coefficient (Wildman–Crippen LogP) is 8.07. The fourth-order valence-electron chi connectivity index (χ4n) is 4.94. The third kappa shape index (κ3) is 4.25. The lowest BCUT2D eigenvalue weighted by molar-refractivity contribution is -0.155. The first-order valence-electron chi connectivity index (χ1n) is 11.4. The second-order valence-corrected chi connectivity index (χ2v) is 10.1. The predicted molar refractivity (Wildman–Crippen MR) is 146 cm³/mol. The molecule has 7 heteroatoms. The fourth-order valence-corrected chi connectivity index (χ4v) is 5.36. The van der Waals surface area contributed by atoms with Gasteiger partial charge in [-0.1, -0.05) is 82.8 Å². The van der Waals surface area contributed by atoms with Crippen LogP contribution in [0.2, 0.25) is 15.1 Å². The summed E-state index contributed by atoms with van der Waals surface area (Å²) in [5.74, 6) is -0.706. The van der Waals surface area contributed by atoms with Crippen molar-refractivity contribution in [2.75, 3.05) is 12.4 Å². The van der Waals surface area contributed by atoms with Crippen LogP contribution in [0.5, 0.6) is 0 Å². The normalized spacial score (nSPS) is 16.9. The summed E-state index contributed by atoms with van der Waals surface area (Å²) in [6, 6.07) is 28.6. The molecule has 1 amide bonds. The molecule has 1 N–H and O–H groups in total. The van der Waals surface area contributed by atoms with E-state index in [2.05, 4.69) is 5.32 Å². The van der Waals surface area contributed by atoms with Crippen molar-refractivity contribution in [1.82, 2.24) is 5.06 Å². The molecule has 0 spiro atoms. The minimum Gasteiger partial charge on any atom is -0.356 e. The van der Waals surface area contributed by atoms with Crippen LogP contribution in [0.3, 0.4) is 0 Å². The Bertz CT molecular complexity index is 1360. The summed E-state index contributed by atoms with van der Waals surface area (Å²) < 4.78 is 0. The molecule has 4 nitrogen and oxygen atoms in total. The lowest BCUT2D eigenvalue weighted by Gasteiger charge is -2.45. The maximum Gasteiger partial charge on any atom is 0.280 e. The van der Waals surface area contributed by atoms with Gasteiger partial charge in [0.2, 0.25) is 0 Å². The molecule has 1 heterocycles. The molecule has 0 aliphatic carbocycles. The maximum atomic E-state index is 13.8. The third-order valence-electron chi connectivity index (χ3n) is 6.52. The number of hydrogen-bond acceptors (Lipinski definition) is 3. The van der Waals surface area contributed by atoms with E-state index in [1.54, 1.807) is 12.1 Å². The van der Waals surface area contributed by atoms with E-state index in [0.29, 0.717) is 20.6 Å². The average molecular weight is 538 g/mol. The summed E-state index contributed by atoms with van der Waals surface area (Å²) >= 11 is 18.9. The van der Waals surface area contributed by atoms with Gasteiger partial charge in [0.1, 0.15) is 0 Å². The third-order valence-corrected chi connectivity index (χ3v) is 7.26. The number of benzene rings is 4. The highest BCUT2D eigenvalue weighted by molar-refractivity contribution is 6.31. The van der Waals surface area contributed by atoms with Crippen LogP contribution >= 0.6 is 34.8 Å². The Kier molecular flexibility index (Phi) is 6.71. The first kappa shape index (κ1) is 24.7. The SMILES string of the molecule is CON1C(=O)c2cc(Cl)ccc2C1(Nc1ccc(C)cc1)C(c1ccc(Cl)cc1)c1ccc(Cl)cc1. The highest BCUT2D eigenvalue weighted by atomic mass is 35.5. The number of nitrogens with one attached hydrogen (secondary N) is 1. The number of rotatable bonds is 6. The van der Waals surface area contributed by atoms with Gasteiger partial charge in [0.05, 0.1) is 18.6 Å². The minimum absolute atomic E-state index is 0.289. The second kappa shape index (κ2) is 9.79. The Morgan fingerprint density at radius 2 is 1.31 bits per heavy atom. The largest absolute Gasteiger partial charge is 0.356 e. The van der Waals surface area contributed by atoms with Crippen molar-refractivity contribution < 1.29 is 9.63 Å². The Balaban J connectivity index is 1.84. The maximum absolute atomic E-state index is 13.8. The van der Waals surface area contributed by atoms with E-state index in [1.165, 1.54) is 12.2 Å². The van der Waals surface area contributed by atoms with Crippen LogP contribution < -0.4 is 5.32 Å². The Labute approximate surface area is 225 Å². The zero-order valence-electron chi connectivity index (χ0n) is 19.6. The van der Waals surface area contributed by atoms with Crippen molar-refractivity contribution in [2.24, 2.45) is 0 Å². The van der Waals surface area contributed by atoms with Crippen LogP contribution in [0.1, 0.15) is 38.5 Å². The van der Waals surface area contributed by atoms with Gasteiger partial charge in [-0.2, -0.15) is 5.06 Å². The Morgan fingerprint density at radius 3 is 1.83 bits per heavy atom. The molecule has 1 aliphatic rings. The molecule has 0 saturated heterocycles. The Hall–Kier alpha value is -3.02. The summed E-state index contributed by atoms with van der Waals surface area (Å²) in [7, 11) is 1.50. The van der Waals surface area contributed by atoms with E-state index in [1.807, 2.05) is 85.8 Å². The molecule has 1 unspecified atom stereocenters. The smallest absolute Gasteiger partial charge is 0.280 e. The molecule has 5 rings (SSSR count). The number of carbonyl (C=O) groups is 1. The zero-order chi connectivity index (χ0) is 25.4. The first-order valence-corrected chi connectivity index (χ1v) is 12.5. The molecule has 0 aromatic heterocycles. The molecular weight excluding hydrogens is 515 g/mol. The molecule has 4 aromatic carbocycles. The minimum atomic E-state index is -1.16. The fraction of sp³-hybridized carbons (Fsp3) is 0.138. The van der Waals surface area contributed by atoms with Crippen molar-refractivity contribution in [3.05, 3.63) is 134 Å². The van der Waals surface area contributed by atoms with Crippen LogP contribution in [-0.4, -0.2) is 18.1 Å². The van der Waals surface area contributed by atoms with E-state index < -0.39 is 11.6 Å². The Morgan fingerprint density at radius 1 is 0.778 bits per heavy atom. The highest BCUT2D eigenvalue weighted by Gasteiger charge is 2.57. The van der Waals surface area contributed by atoms with E-state index in [4.69, 9.17) is 39.6 Å². The number of hydroxylamine groups is 2. The summed E-state index contributed by atoms with van der Waals surface area (Å²) in [5, 5.41) is 6.80. The number of carbonyl (C=O) groups excluding carboxylic acids is 1. The molecule has 1 aliphatic heterocycles. The lowest BCUT2D eigenvalue weighted by atomic mass is 9.76. The van der Waals surface area contributed by atoms with Crippen LogP contribution in [0.25, 0.3) is 0 Å². The van der Waals surface area contributed by atoms with Gasteiger partial charge < -0.3 is 5.32 Å². The summed E-state index contributed by atoms with van der Waals surface area (Å²) in [5.41, 5.74) is 3.86. The molecule has 0 saturated carbocycles. The van der Waals surface area contributed by atoms with Crippen molar-refractivity contribution in [1.29, 1.82) is 0 Å². The quantitative estimate of drug-likeness (QED) is 0.270. The number of halogens is 3. The molecule has 36 heavy (non-hydrogen) atoms. The second-order valence-electron chi connectivity index (χ2n) is 8.77.